The van der Waals surface area contributed by atoms with Gasteiger partial charge in [-0.25, -0.2) is 4.79 Å². The summed E-state index contributed by atoms with van der Waals surface area (Å²) in [5.41, 5.74) is 6.10. The average molecular weight is 482 g/mol. The van der Waals surface area contributed by atoms with Gasteiger partial charge in [0.25, 0.3) is 0 Å². The monoisotopic (exact) mass is 482 g/mol. The number of hydrogen-bond acceptors (Lipinski definition) is 8. The van der Waals surface area contributed by atoms with Crippen LogP contribution >= 0.6 is 0 Å². The number of aliphatic hydroxyl groups excluding tert-OH is 1. The highest BCUT2D eigenvalue weighted by Crippen LogP contribution is 2.06. The number of aliphatic carboxylic acids is 3. The van der Waals surface area contributed by atoms with Gasteiger partial charge in [-0.1, -0.05) is 30.3 Å². The Kier molecular flexibility index (Phi) is 11.1. The fourth-order valence-electron chi connectivity index (χ4n) is 2.73. The number of carbonyl (C=O) groups excluding carboxylic acids is 3. The molecule has 0 saturated carbocycles. The number of rotatable bonds is 14. The number of nitrogens with two attached hydrogens (primary N) is 1. The summed E-state index contributed by atoms with van der Waals surface area (Å²) in [5, 5.41) is 42.2. The molecule has 0 fully saturated rings. The quantitative estimate of drug-likeness (QED) is 0.133. The summed E-state index contributed by atoms with van der Waals surface area (Å²) in [6, 6.07) is 1.92. The first-order valence-electron chi connectivity index (χ1n) is 9.92. The SMILES string of the molecule is N[C@@H](CC(=O)O)C(=O)N[C@@H](Cc1ccccc1)C(=O)N[C@@H](CC(=O)O)C(=O)N[C@@H](CO)C(=O)O. The van der Waals surface area contributed by atoms with Crippen molar-refractivity contribution >= 4 is 35.6 Å². The lowest BCUT2D eigenvalue weighted by Gasteiger charge is -2.24. The molecule has 34 heavy (non-hydrogen) atoms. The van der Waals surface area contributed by atoms with Crippen LogP contribution < -0.4 is 21.7 Å². The second-order valence-corrected chi connectivity index (χ2v) is 7.20. The van der Waals surface area contributed by atoms with E-state index in [0.717, 1.165) is 0 Å². The molecule has 0 unspecified atom stereocenters. The van der Waals surface area contributed by atoms with E-state index in [0.29, 0.717) is 5.56 Å². The highest BCUT2D eigenvalue weighted by molar-refractivity contribution is 5.96. The van der Waals surface area contributed by atoms with Crippen LogP contribution in [0.4, 0.5) is 0 Å². The molecule has 0 bridgehead atoms. The smallest absolute Gasteiger partial charge is 0.328 e. The minimum atomic E-state index is -1.75. The maximum atomic E-state index is 12.9. The van der Waals surface area contributed by atoms with Gasteiger partial charge in [0.05, 0.1) is 25.5 Å². The first kappa shape index (κ1) is 28.0. The zero-order valence-corrected chi connectivity index (χ0v) is 17.8. The van der Waals surface area contributed by atoms with Crippen molar-refractivity contribution in [2.45, 2.75) is 43.4 Å². The molecular weight excluding hydrogens is 456 g/mol. The van der Waals surface area contributed by atoms with Gasteiger partial charge < -0.3 is 42.1 Å². The van der Waals surface area contributed by atoms with Gasteiger partial charge in [-0.2, -0.15) is 0 Å². The minimum Gasteiger partial charge on any atom is -0.481 e. The standard InChI is InChI=1S/C20H26N4O10/c21-11(7-15(26)27)17(30)22-12(6-10-4-2-1-3-5-10)18(31)23-13(8-16(28)29)19(32)24-14(9-25)20(33)34/h1-5,11-14,25H,6-9,21H2,(H,22,30)(H,23,31)(H,24,32)(H,26,27)(H,28,29)(H,33,34)/t11-,12-,13-,14-/m0/s1. The third kappa shape index (κ3) is 9.62. The average Bonchev–Trinajstić information content (AvgIpc) is 2.75. The summed E-state index contributed by atoms with van der Waals surface area (Å²) in [5.74, 6) is -7.59. The van der Waals surface area contributed by atoms with Crippen molar-refractivity contribution in [1.82, 2.24) is 16.0 Å². The molecule has 0 radical (unpaired) electrons. The summed E-state index contributed by atoms with van der Waals surface area (Å²) < 4.78 is 0. The van der Waals surface area contributed by atoms with Crippen LogP contribution in [0.5, 0.6) is 0 Å². The maximum absolute atomic E-state index is 12.9. The van der Waals surface area contributed by atoms with Crippen LogP contribution in [0.25, 0.3) is 0 Å². The van der Waals surface area contributed by atoms with E-state index in [1.54, 1.807) is 30.3 Å². The summed E-state index contributed by atoms with van der Waals surface area (Å²) in [6.45, 7) is -0.983. The van der Waals surface area contributed by atoms with E-state index < -0.39 is 79.2 Å². The van der Waals surface area contributed by atoms with E-state index in [-0.39, 0.29) is 6.42 Å². The van der Waals surface area contributed by atoms with Crippen LogP contribution in [0.1, 0.15) is 18.4 Å². The van der Waals surface area contributed by atoms with Gasteiger partial charge in [-0.3, -0.25) is 24.0 Å². The lowest BCUT2D eigenvalue weighted by Crippen LogP contribution is -2.58. The molecular formula is C20H26N4O10. The van der Waals surface area contributed by atoms with Gasteiger partial charge in [0.2, 0.25) is 17.7 Å². The minimum absolute atomic E-state index is 0.117. The highest BCUT2D eigenvalue weighted by Gasteiger charge is 2.31. The van der Waals surface area contributed by atoms with Crippen molar-refractivity contribution < 1.29 is 49.2 Å². The third-order valence-corrected chi connectivity index (χ3v) is 4.46. The number of carbonyl (C=O) groups is 6. The summed E-state index contributed by atoms with van der Waals surface area (Å²) in [7, 11) is 0. The lowest BCUT2D eigenvalue weighted by atomic mass is 10.0. The summed E-state index contributed by atoms with van der Waals surface area (Å²) in [4.78, 5) is 70.6. The number of hydrogen-bond donors (Lipinski definition) is 8. The van der Waals surface area contributed by atoms with Gasteiger partial charge in [-0.15, -0.1) is 0 Å². The van der Waals surface area contributed by atoms with Gasteiger partial charge in [-0.05, 0) is 5.56 Å². The molecule has 0 aliphatic rings. The van der Waals surface area contributed by atoms with E-state index in [2.05, 4.69) is 10.6 Å². The van der Waals surface area contributed by atoms with Crippen LogP contribution in [-0.4, -0.2) is 86.8 Å². The molecule has 1 aromatic rings. The molecule has 0 aliphatic heterocycles. The Hall–Kier alpha value is -4.04. The zero-order valence-electron chi connectivity index (χ0n) is 17.8. The number of carboxylic acids is 3. The van der Waals surface area contributed by atoms with Crippen LogP contribution in [0.15, 0.2) is 30.3 Å². The zero-order chi connectivity index (χ0) is 25.8. The van der Waals surface area contributed by atoms with E-state index >= 15 is 0 Å². The second-order valence-electron chi connectivity index (χ2n) is 7.20. The number of carboxylic acid groups (broad SMARTS) is 3. The largest absolute Gasteiger partial charge is 0.481 e. The Morgan fingerprint density at radius 3 is 1.74 bits per heavy atom. The van der Waals surface area contributed by atoms with Gasteiger partial charge >= 0.3 is 17.9 Å². The van der Waals surface area contributed by atoms with Crippen LogP contribution in [0.3, 0.4) is 0 Å². The molecule has 14 heteroatoms. The normalized spacial score (nSPS) is 14.1. The molecule has 14 nitrogen and oxygen atoms in total. The van der Waals surface area contributed by atoms with Crippen LogP contribution in [-0.2, 0) is 35.2 Å². The Bertz CT molecular complexity index is 908. The molecule has 9 N–H and O–H groups in total. The molecule has 1 rings (SSSR count). The predicted octanol–water partition coefficient (Wildman–Crippen LogP) is -2.96. The van der Waals surface area contributed by atoms with Gasteiger partial charge in [0.1, 0.15) is 18.1 Å². The van der Waals surface area contributed by atoms with E-state index in [9.17, 15) is 28.8 Å². The molecule has 3 amide bonds. The van der Waals surface area contributed by atoms with Gasteiger partial charge in [0, 0.05) is 6.42 Å². The highest BCUT2D eigenvalue weighted by atomic mass is 16.4. The second kappa shape index (κ2) is 13.5. The lowest BCUT2D eigenvalue weighted by molar-refractivity contribution is -0.144. The number of aliphatic hydroxyl groups is 1. The van der Waals surface area contributed by atoms with Crippen molar-refractivity contribution in [2.75, 3.05) is 6.61 Å². The number of benzene rings is 1. The van der Waals surface area contributed by atoms with E-state index in [1.165, 1.54) is 0 Å². The first-order valence-corrected chi connectivity index (χ1v) is 9.92. The van der Waals surface area contributed by atoms with Gasteiger partial charge in [0.15, 0.2) is 0 Å². The Morgan fingerprint density at radius 2 is 1.24 bits per heavy atom. The Morgan fingerprint density at radius 1 is 0.735 bits per heavy atom. The van der Waals surface area contributed by atoms with Crippen molar-refractivity contribution in [3.8, 4) is 0 Å². The summed E-state index contributed by atoms with van der Waals surface area (Å²) in [6.07, 6.45) is -1.76. The maximum Gasteiger partial charge on any atom is 0.328 e. The number of nitrogens with one attached hydrogen (secondary N) is 3. The Labute approximate surface area is 193 Å². The molecule has 186 valence electrons. The van der Waals surface area contributed by atoms with Crippen LogP contribution in [0.2, 0.25) is 0 Å². The number of amides is 3. The van der Waals surface area contributed by atoms with Crippen molar-refractivity contribution in [3.05, 3.63) is 35.9 Å². The topological polar surface area (TPSA) is 245 Å². The Balaban J connectivity index is 3.09. The molecule has 1 aromatic carbocycles. The molecule has 0 heterocycles. The molecule has 4 atom stereocenters. The fourth-order valence-corrected chi connectivity index (χ4v) is 2.73. The fraction of sp³-hybridized carbons (Fsp3) is 0.400. The van der Waals surface area contributed by atoms with E-state index in [4.69, 9.17) is 26.2 Å². The first-order chi connectivity index (χ1) is 15.9. The molecule has 0 spiro atoms. The molecule has 0 aromatic heterocycles. The van der Waals surface area contributed by atoms with Crippen LogP contribution in [0, 0.1) is 0 Å². The predicted molar refractivity (Wildman–Crippen MR) is 113 cm³/mol. The van der Waals surface area contributed by atoms with Crippen molar-refractivity contribution in [3.63, 3.8) is 0 Å². The van der Waals surface area contributed by atoms with Crippen molar-refractivity contribution in [1.29, 1.82) is 0 Å². The molecule has 0 saturated heterocycles. The third-order valence-electron chi connectivity index (χ3n) is 4.46. The molecule has 0 aliphatic carbocycles. The summed E-state index contributed by atoms with van der Waals surface area (Å²) >= 11 is 0. The van der Waals surface area contributed by atoms with E-state index in [1.807, 2.05) is 5.32 Å². The van der Waals surface area contributed by atoms with Crippen molar-refractivity contribution in [2.24, 2.45) is 5.73 Å².